The van der Waals surface area contributed by atoms with Gasteiger partial charge in [-0.3, -0.25) is 4.79 Å². The highest BCUT2D eigenvalue weighted by molar-refractivity contribution is 5.92. The fraction of sp³-hybridized carbons (Fsp3) is 0.400. The molecule has 110 valence electrons. The Balaban J connectivity index is 1.78. The van der Waals surface area contributed by atoms with Crippen molar-refractivity contribution < 1.29 is 9.90 Å². The molecule has 0 aliphatic carbocycles. The van der Waals surface area contributed by atoms with E-state index in [4.69, 9.17) is 0 Å². The number of hydrogen-bond acceptors (Lipinski definition) is 4. The number of amides is 1. The Morgan fingerprint density at radius 2 is 2.10 bits per heavy atom. The zero-order valence-corrected chi connectivity index (χ0v) is 11.9. The van der Waals surface area contributed by atoms with Crippen molar-refractivity contribution in [1.29, 1.82) is 0 Å². The molecule has 1 amide bonds. The van der Waals surface area contributed by atoms with Gasteiger partial charge in [0.25, 0.3) is 5.91 Å². The van der Waals surface area contributed by atoms with Crippen molar-refractivity contribution in [2.75, 3.05) is 13.1 Å². The van der Waals surface area contributed by atoms with E-state index in [0.717, 1.165) is 24.1 Å². The largest absolute Gasteiger partial charge is 0.391 e. The number of aryl methyl sites for hydroxylation is 1. The predicted octanol–water partition coefficient (Wildman–Crippen LogP) is 1.17. The smallest absolute Gasteiger partial charge is 0.276 e. The van der Waals surface area contributed by atoms with Crippen molar-refractivity contribution in [3.05, 3.63) is 41.7 Å². The van der Waals surface area contributed by atoms with Gasteiger partial charge in [-0.1, -0.05) is 22.9 Å². The molecule has 0 spiro atoms. The molecular weight excluding hydrogens is 268 g/mol. The fourth-order valence-electron chi connectivity index (χ4n) is 2.49. The molecule has 6 heteroatoms. The second kappa shape index (κ2) is 5.65. The highest BCUT2D eigenvalue weighted by atomic mass is 16.3. The lowest BCUT2D eigenvalue weighted by molar-refractivity contribution is 0.0469. The van der Waals surface area contributed by atoms with Crippen molar-refractivity contribution in [1.82, 2.24) is 19.9 Å². The summed E-state index contributed by atoms with van der Waals surface area (Å²) in [6.07, 6.45) is 2.77. The first kappa shape index (κ1) is 13.8. The first-order valence-electron chi connectivity index (χ1n) is 7.10. The number of aliphatic hydroxyl groups is 1. The Morgan fingerprint density at radius 1 is 1.33 bits per heavy atom. The highest BCUT2D eigenvalue weighted by Gasteiger charge is 2.25. The van der Waals surface area contributed by atoms with Crippen LogP contribution in [0.4, 0.5) is 0 Å². The lowest BCUT2D eigenvalue weighted by atomic mass is 10.1. The number of aromatic nitrogens is 3. The molecule has 1 fully saturated rings. The minimum absolute atomic E-state index is 0.174. The maximum atomic E-state index is 12.3. The third kappa shape index (κ3) is 2.95. The van der Waals surface area contributed by atoms with Crippen molar-refractivity contribution in [2.24, 2.45) is 0 Å². The normalized spacial score (nSPS) is 18.8. The lowest BCUT2D eigenvalue weighted by Gasteiger charge is -2.29. The van der Waals surface area contributed by atoms with E-state index in [0.29, 0.717) is 18.8 Å². The third-order valence-corrected chi connectivity index (χ3v) is 3.69. The summed E-state index contributed by atoms with van der Waals surface area (Å²) in [5, 5.41) is 17.6. The summed E-state index contributed by atoms with van der Waals surface area (Å²) in [6, 6.07) is 7.84. The Hall–Kier alpha value is -2.21. The van der Waals surface area contributed by atoms with E-state index in [1.54, 1.807) is 15.8 Å². The van der Waals surface area contributed by atoms with Gasteiger partial charge < -0.3 is 10.0 Å². The van der Waals surface area contributed by atoms with Gasteiger partial charge in [-0.05, 0) is 31.9 Å². The highest BCUT2D eigenvalue weighted by Crippen LogP contribution is 2.14. The third-order valence-electron chi connectivity index (χ3n) is 3.69. The number of likely N-dealkylation sites (tertiary alicyclic amines) is 1. The van der Waals surface area contributed by atoms with Crippen LogP contribution < -0.4 is 0 Å². The van der Waals surface area contributed by atoms with Crippen LogP contribution in [0.3, 0.4) is 0 Å². The summed E-state index contributed by atoms with van der Waals surface area (Å²) in [6.45, 7) is 3.05. The average molecular weight is 286 g/mol. The number of benzene rings is 1. The number of carbonyl (C=O) groups excluding carboxylic acids is 1. The molecule has 0 unspecified atom stereocenters. The number of hydrogen-bond donors (Lipinski definition) is 1. The van der Waals surface area contributed by atoms with E-state index >= 15 is 0 Å². The number of carbonyl (C=O) groups is 1. The molecule has 1 aromatic heterocycles. The zero-order valence-electron chi connectivity index (χ0n) is 11.9. The molecule has 1 aliphatic heterocycles. The molecule has 2 aromatic rings. The van der Waals surface area contributed by atoms with E-state index in [1.807, 2.05) is 31.2 Å². The van der Waals surface area contributed by atoms with E-state index in [-0.39, 0.29) is 5.91 Å². The van der Waals surface area contributed by atoms with Gasteiger partial charge in [0.15, 0.2) is 5.69 Å². The number of aliphatic hydroxyl groups excluding tert-OH is 1. The number of rotatable bonds is 2. The van der Waals surface area contributed by atoms with Crippen LogP contribution in [0.15, 0.2) is 30.5 Å². The number of piperidine rings is 1. The second-order valence-electron chi connectivity index (χ2n) is 5.43. The lowest BCUT2D eigenvalue weighted by Crippen LogP contribution is -2.42. The van der Waals surface area contributed by atoms with Crippen molar-refractivity contribution >= 4 is 5.91 Å². The molecule has 21 heavy (non-hydrogen) atoms. The van der Waals surface area contributed by atoms with Crippen molar-refractivity contribution in [2.45, 2.75) is 25.9 Å². The molecule has 1 atom stereocenters. The molecule has 0 saturated carbocycles. The fourth-order valence-corrected chi connectivity index (χ4v) is 2.49. The standard InChI is InChI=1S/C15H18N4O2/c1-11-4-6-12(7-5-11)19-10-14(16-17-19)15(21)18-8-2-3-13(20)9-18/h4-7,10,13,20H,2-3,8-9H2,1H3/t13-/m1/s1. The zero-order chi connectivity index (χ0) is 14.8. The maximum absolute atomic E-state index is 12.3. The molecule has 1 N–H and O–H groups in total. The Labute approximate surface area is 123 Å². The number of nitrogens with zero attached hydrogens (tertiary/aromatic N) is 4. The van der Waals surface area contributed by atoms with Crippen LogP contribution in [-0.2, 0) is 0 Å². The summed E-state index contributed by atoms with van der Waals surface area (Å²) < 4.78 is 1.59. The van der Waals surface area contributed by atoms with Gasteiger partial charge in [-0.25, -0.2) is 4.68 Å². The van der Waals surface area contributed by atoms with Gasteiger partial charge in [0.05, 0.1) is 18.0 Å². The summed E-state index contributed by atoms with van der Waals surface area (Å²) >= 11 is 0. The van der Waals surface area contributed by atoms with Crippen LogP contribution in [0, 0.1) is 6.92 Å². The van der Waals surface area contributed by atoms with E-state index in [1.165, 1.54) is 0 Å². The maximum Gasteiger partial charge on any atom is 0.276 e. The summed E-state index contributed by atoms with van der Waals surface area (Å²) in [5.41, 5.74) is 2.34. The predicted molar refractivity (Wildman–Crippen MR) is 77.2 cm³/mol. The van der Waals surface area contributed by atoms with Gasteiger partial charge in [-0.2, -0.15) is 0 Å². The molecule has 2 heterocycles. The van der Waals surface area contributed by atoms with Gasteiger partial charge in [0.1, 0.15) is 0 Å². The van der Waals surface area contributed by atoms with E-state index in [2.05, 4.69) is 10.3 Å². The molecule has 0 radical (unpaired) electrons. The molecular formula is C15H18N4O2. The summed E-state index contributed by atoms with van der Waals surface area (Å²) in [4.78, 5) is 14.0. The van der Waals surface area contributed by atoms with Crippen LogP contribution >= 0.6 is 0 Å². The van der Waals surface area contributed by atoms with Gasteiger partial charge in [0.2, 0.25) is 0 Å². The van der Waals surface area contributed by atoms with Crippen LogP contribution in [0.25, 0.3) is 5.69 Å². The van der Waals surface area contributed by atoms with E-state index in [9.17, 15) is 9.90 Å². The van der Waals surface area contributed by atoms with Crippen molar-refractivity contribution in [3.63, 3.8) is 0 Å². The summed E-state index contributed by atoms with van der Waals surface area (Å²) in [5.74, 6) is -0.174. The van der Waals surface area contributed by atoms with Gasteiger partial charge in [0, 0.05) is 13.1 Å². The molecule has 1 aliphatic rings. The van der Waals surface area contributed by atoms with Crippen LogP contribution in [-0.4, -0.2) is 50.1 Å². The van der Waals surface area contributed by atoms with Crippen molar-refractivity contribution in [3.8, 4) is 5.69 Å². The van der Waals surface area contributed by atoms with Crippen LogP contribution in [0.5, 0.6) is 0 Å². The molecule has 1 saturated heterocycles. The second-order valence-corrected chi connectivity index (χ2v) is 5.43. The average Bonchev–Trinajstić information content (AvgIpc) is 2.97. The monoisotopic (exact) mass is 286 g/mol. The molecule has 1 aromatic carbocycles. The SMILES string of the molecule is Cc1ccc(-n2cc(C(=O)N3CCC[C@@H](O)C3)nn2)cc1. The van der Waals surface area contributed by atoms with Gasteiger partial charge in [-0.15, -0.1) is 5.10 Å². The Morgan fingerprint density at radius 3 is 2.81 bits per heavy atom. The minimum Gasteiger partial charge on any atom is -0.391 e. The summed E-state index contributed by atoms with van der Waals surface area (Å²) in [7, 11) is 0. The first-order chi connectivity index (χ1) is 10.1. The minimum atomic E-state index is -0.435. The topological polar surface area (TPSA) is 71.2 Å². The van der Waals surface area contributed by atoms with E-state index < -0.39 is 6.10 Å². The van der Waals surface area contributed by atoms with Gasteiger partial charge >= 0.3 is 0 Å². The number of β-amino-alcohol motifs (C(OH)–C–C–N with tert-alkyl or cyclic N) is 1. The van der Waals surface area contributed by atoms with Crippen LogP contribution in [0.1, 0.15) is 28.9 Å². The van der Waals surface area contributed by atoms with Crippen LogP contribution in [0.2, 0.25) is 0 Å². The quantitative estimate of drug-likeness (QED) is 0.899. The molecule has 3 rings (SSSR count). The molecule has 6 nitrogen and oxygen atoms in total. The molecule has 0 bridgehead atoms. The first-order valence-corrected chi connectivity index (χ1v) is 7.10. The Bertz CT molecular complexity index is 635. The Kier molecular flexibility index (Phi) is 3.70.